The highest BCUT2D eigenvalue weighted by molar-refractivity contribution is 6.02. The number of nitrogens with one attached hydrogen (secondary N) is 2. The van der Waals surface area contributed by atoms with Gasteiger partial charge in [0.1, 0.15) is 11.5 Å². The molecule has 7 heteroatoms. The average molecular weight is 365 g/mol. The third-order valence-corrected chi connectivity index (χ3v) is 4.15. The molecule has 3 aromatic rings. The predicted octanol–water partition coefficient (Wildman–Crippen LogP) is 4.22. The molecule has 0 fully saturated rings. The molecule has 0 saturated carbocycles. The summed E-state index contributed by atoms with van der Waals surface area (Å²) in [6, 6.07) is 13.4. The molecule has 0 bridgehead atoms. The number of benzene rings is 1. The van der Waals surface area contributed by atoms with Gasteiger partial charge in [0, 0.05) is 42.4 Å². The predicted molar refractivity (Wildman–Crippen MR) is 107 cm³/mol. The number of aromatic nitrogens is 2. The van der Waals surface area contributed by atoms with Crippen molar-refractivity contribution >= 4 is 28.8 Å². The molecule has 3 rings (SSSR count). The van der Waals surface area contributed by atoms with Gasteiger partial charge < -0.3 is 20.1 Å². The van der Waals surface area contributed by atoms with Gasteiger partial charge in [0.15, 0.2) is 5.82 Å². The molecule has 2 N–H and O–H groups in total. The van der Waals surface area contributed by atoms with Crippen LogP contribution in [0.2, 0.25) is 0 Å². The Labute approximate surface area is 158 Å². The highest BCUT2D eigenvalue weighted by Crippen LogP contribution is 2.21. The summed E-state index contributed by atoms with van der Waals surface area (Å²) in [5.41, 5.74) is 3.20. The second-order valence-corrected chi connectivity index (χ2v) is 6.05. The first-order chi connectivity index (χ1) is 13.1. The number of hydrogen-bond donors (Lipinski definition) is 2. The number of hydrogen-bond acceptors (Lipinski definition) is 6. The van der Waals surface area contributed by atoms with Crippen molar-refractivity contribution in [1.82, 2.24) is 10.1 Å². The topological polar surface area (TPSA) is 83.3 Å². The minimum absolute atomic E-state index is 0.292. The number of carbonyl (C=O) groups excluding carboxylic acids is 1. The lowest BCUT2D eigenvalue weighted by Gasteiger charge is -2.21. The number of nitrogens with zero attached hydrogens (tertiary/aromatic N) is 3. The quantitative estimate of drug-likeness (QED) is 0.652. The average Bonchev–Trinajstić information content (AvgIpc) is 3.09. The molecule has 0 aliphatic rings. The Morgan fingerprint density at radius 2 is 1.81 bits per heavy atom. The summed E-state index contributed by atoms with van der Waals surface area (Å²) >= 11 is 0. The van der Waals surface area contributed by atoms with Crippen LogP contribution >= 0.6 is 0 Å². The van der Waals surface area contributed by atoms with Gasteiger partial charge in [0.25, 0.3) is 5.91 Å². The molecule has 1 amide bonds. The van der Waals surface area contributed by atoms with E-state index in [0.29, 0.717) is 17.3 Å². The number of rotatable bonds is 7. The van der Waals surface area contributed by atoms with Crippen molar-refractivity contribution in [3.05, 3.63) is 60.1 Å². The molecule has 0 saturated heterocycles. The number of carbonyl (C=O) groups is 1. The Hall–Kier alpha value is -3.35. The van der Waals surface area contributed by atoms with Crippen molar-refractivity contribution in [3.63, 3.8) is 0 Å². The Kier molecular flexibility index (Phi) is 5.71. The van der Waals surface area contributed by atoms with Crippen LogP contribution in [0.25, 0.3) is 0 Å². The van der Waals surface area contributed by atoms with Gasteiger partial charge in [-0.25, -0.2) is 0 Å². The molecule has 140 valence electrons. The van der Waals surface area contributed by atoms with Crippen LogP contribution in [0.3, 0.4) is 0 Å². The van der Waals surface area contributed by atoms with Crippen molar-refractivity contribution in [2.75, 3.05) is 28.6 Å². The van der Waals surface area contributed by atoms with E-state index in [2.05, 4.69) is 51.7 Å². The molecule has 7 nitrogen and oxygen atoms in total. The van der Waals surface area contributed by atoms with E-state index in [1.165, 1.54) is 5.69 Å². The maximum Gasteiger partial charge on any atom is 0.275 e. The van der Waals surface area contributed by atoms with E-state index < -0.39 is 0 Å². The smallest absolute Gasteiger partial charge is 0.275 e. The summed E-state index contributed by atoms with van der Waals surface area (Å²) in [6.07, 6.45) is 1.59. The second kappa shape index (κ2) is 8.35. The molecule has 0 spiro atoms. The first-order valence-electron chi connectivity index (χ1n) is 8.91. The lowest BCUT2D eigenvalue weighted by atomic mass is 10.2. The van der Waals surface area contributed by atoms with Gasteiger partial charge in [-0.3, -0.25) is 9.78 Å². The number of amides is 1. The molecule has 0 unspecified atom stereocenters. The zero-order valence-corrected chi connectivity index (χ0v) is 15.7. The summed E-state index contributed by atoms with van der Waals surface area (Å²) in [5.74, 6) is 0.648. The normalized spacial score (nSPS) is 10.5. The Bertz CT molecular complexity index is 901. The van der Waals surface area contributed by atoms with Crippen LogP contribution in [0.5, 0.6) is 0 Å². The first-order valence-corrected chi connectivity index (χ1v) is 8.91. The molecular weight excluding hydrogens is 342 g/mol. The summed E-state index contributed by atoms with van der Waals surface area (Å²) in [7, 11) is 0. The van der Waals surface area contributed by atoms with Crippen LogP contribution in [-0.4, -0.2) is 29.1 Å². The fourth-order valence-corrected chi connectivity index (χ4v) is 2.75. The summed E-state index contributed by atoms with van der Waals surface area (Å²) in [5, 5.41) is 9.71. The van der Waals surface area contributed by atoms with Crippen LogP contribution in [0.4, 0.5) is 22.9 Å². The molecule has 0 aliphatic heterocycles. The molecule has 0 radical (unpaired) electrons. The Morgan fingerprint density at radius 1 is 1.07 bits per heavy atom. The molecule has 2 heterocycles. The van der Waals surface area contributed by atoms with E-state index in [-0.39, 0.29) is 5.91 Å². The zero-order valence-electron chi connectivity index (χ0n) is 15.7. The van der Waals surface area contributed by atoms with E-state index in [1.807, 2.05) is 18.2 Å². The minimum Gasteiger partial charge on any atom is -0.372 e. The van der Waals surface area contributed by atoms with Gasteiger partial charge in [-0.05, 0) is 57.2 Å². The third-order valence-electron chi connectivity index (χ3n) is 4.15. The van der Waals surface area contributed by atoms with Gasteiger partial charge in [-0.1, -0.05) is 5.16 Å². The maximum atomic E-state index is 12.3. The SMILES string of the molecule is CCN(CC)c1ccc(Nc2ccnc(C(=O)Nc3cc(C)on3)c2)cc1. The maximum absolute atomic E-state index is 12.3. The van der Waals surface area contributed by atoms with Crippen molar-refractivity contribution in [3.8, 4) is 0 Å². The lowest BCUT2D eigenvalue weighted by molar-refractivity contribution is 0.102. The van der Waals surface area contributed by atoms with E-state index >= 15 is 0 Å². The van der Waals surface area contributed by atoms with Crippen molar-refractivity contribution < 1.29 is 9.32 Å². The summed E-state index contributed by atoms with van der Waals surface area (Å²) in [6.45, 7) is 7.98. The fourth-order valence-electron chi connectivity index (χ4n) is 2.75. The molecule has 2 aromatic heterocycles. The van der Waals surface area contributed by atoms with E-state index in [9.17, 15) is 4.79 Å². The van der Waals surface area contributed by atoms with Gasteiger partial charge in [0.05, 0.1) is 0 Å². The second-order valence-electron chi connectivity index (χ2n) is 6.05. The van der Waals surface area contributed by atoms with Gasteiger partial charge in [-0.2, -0.15) is 0 Å². The Balaban J connectivity index is 1.69. The third kappa shape index (κ3) is 4.63. The largest absolute Gasteiger partial charge is 0.372 e. The molecule has 1 aromatic carbocycles. The first kappa shape index (κ1) is 18.4. The highest BCUT2D eigenvalue weighted by Gasteiger charge is 2.11. The summed E-state index contributed by atoms with van der Waals surface area (Å²) < 4.78 is 4.95. The van der Waals surface area contributed by atoms with Gasteiger partial charge >= 0.3 is 0 Å². The molecular formula is C20H23N5O2. The zero-order chi connectivity index (χ0) is 19.2. The Morgan fingerprint density at radius 3 is 2.44 bits per heavy atom. The van der Waals surface area contributed by atoms with Crippen LogP contribution in [0.1, 0.15) is 30.1 Å². The standard InChI is InChI=1S/C20H23N5O2/c1-4-25(5-2)17-8-6-15(7-9-17)22-16-10-11-21-18(13-16)20(26)23-19-12-14(3)27-24-19/h6-13H,4-5H2,1-3H3,(H,21,22)(H,23,24,26). The van der Waals surface area contributed by atoms with Crippen LogP contribution in [0.15, 0.2) is 53.2 Å². The van der Waals surface area contributed by atoms with Crippen LogP contribution in [0, 0.1) is 6.92 Å². The number of aryl methyl sites for hydroxylation is 1. The highest BCUT2D eigenvalue weighted by atomic mass is 16.5. The van der Waals surface area contributed by atoms with E-state index in [4.69, 9.17) is 4.52 Å². The van der Waals surface area contributed by atoms with Crippen molar-refractivity contribution in [2.45, 2.75) is 20.8 Å². The number of pyridine rings is 1. The molecule has 27 heavy (non-hydrogen) atoms. The lowest BCUT2D eigenvalue weighted by Crippen LogP contribution is -2.21. The van der Waals surface area contributed by atoms with Gasteiger partial charge in [0.2, 0.25) is 0 Å². The van der Waals surface area contributed by atoms with E-state index in [1.54, 1.807) is 25.3 Å². The van der Waals surface area contributed by atoms with Crippen LogP contribution < -0.4 is 15.5 Å². The van der Waals surface area contributed by atoms with Crippen molar-refractivity contribution in [2.24, 2.45) is 0 Å². The fraction of sp³-hybridized carbons (Fsp3) is 0.250. The minimum atomic E-state index is -0.344. The van der Waals surface area contributed by atoms with Crippen molar-refractivity contribution in [1.29, 1.82) is 0 Å². The van der Waals surface area contributed by atoms with E-state index in [0.717, 1.165) is 24.5 Å². The monoisotopic (exact) mass is 365 g/mol. The molecule has 0 aliphatic carbocycles. The molecule has 0 atom stereocenters. The summed E-state index contributed by atoms with van der Waals surface area (Å²) in [4.78, 5) is 18.7. The van der Waals surface area contributed by atoms with Crippen LogP contribution in [-0.2, 0) is 0 Å². The number of anilines is 4. The van der Waals surface area contributed by atoms with Gasteiger partial charge in [-0.15, -0.1) is 0 Å².